The summed E-state index contributed by atoms with van der Waals surface area (Å²) < 4.78 is 18.3. The molecule has 0 radical (unpaired) electrons. The smallest absolute Gasteiger partial charge is 0.160 e. The SMILES string of the molecule is c1ccc(-c2ccc3c4ccc(-c5ccccc5)cc4n(-c4ccc5c(c4)oc4cccc(-c6cc(-c7ccccc7)nc(-c7ccccc7)n6)c45)c3c2)cc1.c1ccc(-c2ccc3c4ccccc4n(-c4ccc5c(c4)oc4cccc(-c6c(-c7ccccc7)nc(-c7ccccc7)nc6-c6ccccc6)c45)c3c2)cc1. The Kier molecular flexibility index (Phi) is 16.1. The van der Waals surface area contributed by atoms with E-state index in [0.29, 0.717) is 11.6 Å². The van der Waals surface area contributed by atoms with Crippen molar-refractivity contribution in [3.8, 4) is 124 Å². The minimum atomic E-state index is 0.683. The van der Waals surface area contributed by atoms with Gasteiger partial charge in [-0.1, -0.05) is 322 Å². The van der Waals surface area contributed by atoms with E-state index in [1.54, 1.807) is 0 Å². The first kappa shape index (κ1) is 65.2. The van der Waals surface area contributed by atoms with E-state index in [1.807, 2.05) is 66.7 Å². The molecular weight excluding hydrogens is 1370 g/mol. The van der Waals surface area contributed by atoms with Crippen molar-refractivity contribution in [1.29, 1.82) is 0 Å². The third-order valence-electron chi connectivity index (χ3n) is 21.6. The molecule has 0 saturated carbocycles. The Labute approximate surface area is 645 Å². The van der Waals surface area contributed by atoms with Crippen molar-refractivity contribution in [3.63, 3.8) is 0 Å². The highest BCUT2D eigenvalue weighted by molar-refractivity contribution is 6.18. The van der Waals surface area contributed by atoms with Crippen LogP contribution in [0.4, 0.5) is 0 Å². The van der Waals surface area contributed by atoms with Gasteiger partial charge >= 0.3 is 0 Å². The fourth-order valence-electron chi connectivity index (χ4n) is 16.4. The molecule has 22 rings (SSSR count). The standard InChI is InChI=1S/2C52H33N3O/c1-5-16-34(17-6-1)38-28-30-41-40-24-13-14-26-44(40)55(45(41)32-38)39-29-31-42-47(33-39)56-46-27-15-25-43(48(42)46)49-50(35-18-7-2-8-19-35)53-52(37-22-11-4-12-23-37)54-51(49)36-20-9-3-10-21-36;1-5-14-34(15-6-1)38-24-27-41-42-28-25-39(35-16-7-2-8-17-35)31-48(42)55(47(41)30-38)40-26-29-44-50(32-40)56-49-23-13-22-43(51(44)49)46-33-45(36-18-9-3-10-19-36)53-52(54-46)37-20-11-4-12-21-37/h2*1-33H. The normalized spacial score (nSPS) is 11.6. The quantitative estimate of drug-likeness (QED) is 0.121. The number of hydrogen-bond donors (Lipinski definition) is 0. The van der Waals surface area contributed by atoms with Crippen molar-refractivity contribution in [2.75, 3.05) is 0 Å². The average Bonchev–Trinajstić information content (AvgIpc) is 0.998. The first-order chi connectivity index (χ1) is 55.5. The molecule has 8 heteroatoms. The highest BCUT2D eigenvalue weighted by Gasteiger charge is 2.26. The average molecular weight is 1430 g/mol. The third-order valence-corrected chi connectivity index (χ3v) is 21.6. The molecule has 112 heavy (non-hydrogen) atoms. The second kappa shape index (κ2) is 27.6. The monoisotopic (exact) mass is 1430 g/mol. The van der Waals surface area contributed by atoms with Gasteiger partial charge < -0.3 is 18.0 Å². The van der Waals surface area contributed by atoms with Gasteiger partial charge in [-0.2, -0.15) is 0 Å². The van der Waals surface area contributed by atoms with Crippen LogP contribution in [0.5, 0.6) is 0 Å². The van der Waals surface area contributed by atoms with Crippen LogP contribution in [-0.4, -0.2) is 29.1 Å². The minimum Gasteiger partial charge on any atom is -0.456 e. The van der Waals surface area contributed by atoms with Crippen LogP contribution in [0.3, 0.4) is 0 Å². The summed E-state index contributed by atoms with van der Waals surface area (Å²) in [5.74, 6) is 1.37. The first-order valence-electron chi connectivity index (χ1n) is 37.8. The molecule has 0 unspecified atom stereocenters. The topological polar surface area (TPSA) is 87.7 Å². The lowest BCUT2D eigenvalue weighted by molar-refractivity contribution is 0.668. The van der Waals surface area contributed by atoms with E-state index in [4.69, 9.17) is 28.8 Å². The van der Waals surface area contributed by atoms with Crippen LogP contribution in [-0.2, 0) is 0 Å². The molecule has 0 aliphatic heterocycles. The van der Waals surface area contributed by atoms with Crippen LogP contribution in [0, 0.1) is 0 Å². The van der Waals surface area contributed by atoms with Crippen LogP contribution in [0.1, 0.15) is 0 Å². The molecular formula is C104H66N6O2. The predicted octanol–water partition coefficient (Wildman–Crippen LogP) is 27.6. The molecule has 524 valence electrons. The van der Waals surface area contributed by atoms with Gasteiger partial charge in [0.25, 0.3) is 0 Å². The molecule has 0 fully saturated rings. The summed E-state index contributed by atoms with van der Waals surface area (Å²) in [5, 5.41) is 8.99. The van der Waals surface area contributed by atoms with E-state index in [9.17, 15) is 0 Å². The summed E-state index contributed by atoms with van der Waals surface area (Å²) in [7, 11) is 0. The maximum Gasteiger partial charge on any atom is 0.160 e. The van der Waals surface area contributed by atoms with Crippen molar-refractivity contribution < 1.29 is 8.83 Å². The van der Waals surface area contributed by atoms with Gasteiger partial charge in [-0.25, -0.2) is 19.9 Å². The van der Waals surface area contributed by atoms with Gasteiger partial charge in [0.15, 0.2) is 11.6 Å². The summed E-state index contributed by atoms with van der Waals surface area (Å²) in [6, 6.07) is 140. The van der Waals surface area contributed by atoms with Crippen LogP contribution in [0.15, 0.2) is 409 Å². The molecule has 0 amide bonds. The van der Waals surface area contributed by atoms with Crippen LogP contribution < -0.4 is 0 Å². The van der Waals surface area contributed by atoms with E-state index in [2.05, 4.69) is 343 Å². The second-order valence-electron chi connectivity index (χ2n) is 28.3. The fraction of sp³-hybridized carbons (Fsp3) is 0. The highest BCUT2D eigenvalue weighted by atomic mass is 16.3. The summed E-state index contributed by atoms with van der Waals surface area (Å²) in [4.78, 5) is 20.9. The molecule has 6 aromatic heterocycles. The molecule has 6 heterocycles. The van der Waals surface area contributed by atoms with Gasteiger partial charge in [-0.15, -0.1) is 0 Å². The zero-order chi connectivity index (χ0) is 74.0. The van der Waals surface area contributed by atoms with E-state index in [-0.39, 0.29) is 0 Å². The van der Waals surface area contributed by atoms with Crippen LogP contribution >= 0.6 is 0 Å². The number of nitrogens with zero attached hydrogens (tertiary/aromatic N) is 6. The lowest BCUT2D eigenvalue weighted by atomic mass is 9.91. The van der Waals surface area contributed by atoms with Crippen molar-refractivity contribution in [1.82, 2.24) is 29.1 Å². The number of benzene rings is 16. The lowest BCUT2D eigenvalue weighted by Gasteiger charge is -2.17. The van der Waals surface area contributed by atoms with Crippen LogP contribution in [0.2, 0.25) is 0 Å². The molecule has 0 N–H and O–H groups in total. The van der Waals surface area contributed by atoms with Gasteiger partial charge in [0.05, 0.1) is 44.8 Å². The molecule has 0 bridgehead atoms. The number of fused-ring (bicyclic) bond motifs is 12. The van der Waals surface area contributed by atoms with Gasteiger partial charge in [0.1, 0.15) is 22.3 Å². The number of hydrogen-bond acceptors (Lipinski definition) is 6. The third kappa shape index (κ3) is 11.6. The van der Waals surface area contributed by atoms with Crippen molar-refractivity contribution in [2.45, 2.75) is 0 Å². The summed E-state index contributed by atoms with van der Waals surface area (Å²) in [6.07, 6.45) is 0. The number of rotatable bonds is 12. The molecule has 22 aromatic rings. The van der Waals surface area contributed by atoms with E-state index >= 15 is 0 Å². The van der Waals surface area contributed by atoms with Crippen molar-refractivity contribution in [3.05, 3.63) is 400 Å². The second-order valence-corrected chi connectivity index (χ2v) is 28.3. The number of furan rings is 2. The molecule has 0 atom stereocenters. The van der Waals surface area contributed by atoms with Gasteiger partial charge in [0.2, 0.25) is 0 Å². The van der Waals surface area contributed by atoms with E-state index in [0.717, 1.165) is 145 Å². The maximum atomic E-state index is 6.80. The number of para-hydroxylation sites is 1. The van der Waals surface area contributed by atoms with Gasteiger partial charge in [-0.05, 0) is 106 Å². The summed E-state index contributed by atoms with van der Waals surface area (Å²) in [5.41, 5.74) is 28.5. The van der Waals surface area contributed by atoms with Gasteiger partial charge in [0, 0.05) is 106 Å². The lowest BCUT2D eigenvalue weighted by Crippen LogP contribution is -2.01. The Hall–Kier alpha value is -15.1. The van der Waals surface area contributed by atoms with Crippen LogP contribution in [0.25, 0.3) is 211 Å². The van der Waals surface area contributed by atoms with E-state index < -0.39 is 0 Å². The summed E-state index contributed by atoms with van der Waals surface area (Å²) in [6.45, 7) is 0. The first-order valence-corrected chi connectivity index (χ1v) is 37.8. The van der Waals surface area contributed by atoms with Crippen molar-refractivity contribution >= 4 is 87.5 Å². The van der Waals surface area contributed by atoms with Crippen molar-refractivity contribution in [2.24, 2.45) is 0 Å². The Bertz CT molecular complexity index is 7110. The maximum absolute atomic E-state index is 6.80. The fourth-order valence-corrected chi connectivity index (χ4v) is 16.4. The Balaban J connectivity index is 0.000000141. The molecule has 0 spiro atoms. The van der Waals surface area contributed by atoms with Gasteiger partial charge in [-0.3, -0.25) is 0 Å². The highest BCUT2D eigenvalue weighted by Crippen LogP contribution is 2.48. The largest absolute Gasteiger partial charge is 0.456 e. The zero-order valence-electron chi connectivity index (χ0n) is 60.6. The zero-order valence-corrected chi connectivity index (χ0v) is 60.6. The minimum absolute atomic E-state index is 0.683. The molecule has 0 aliphatic rings. The molecule has 8 nitrogen and oxygen atoms in total. The Morgan fingerprint density at radius 2 is 0.536 bits per heavy atom. The molecule has 16 aromatic carbocycles. The molecule has 0 aliphatic carbocycles. The van der Waals surface area contributed by atoms with E-state index in [1.165, 1.54) is 54.9 Å². The predicted molar refractivity (Wildman–Crippen MR) is 462 cm³/mol. The Morgan fingerprint density at radius 3 is 0.982 bits per heavy atom. The number of aromatic nitrogens is 6. The Morgan fingerprint density at radius 1 is 0.196 bits per heavy atom. The summed E-state index contributed by atoms with van der Waals surface area (Å²) >= 11 is 0. The molecule has 0 saturated heterocycles.